The lowest BCUT2D eigenvalue weighted by Gasteiger charge is -2.31. The molecule has 0 bridgehead atoms. The lowest BCUT2D eigenvalue weighted by molar-refractivity contribution is -0.121. The van der Waals surface area contributed by atoms with Gasteiger partial charge in [-0.3, -0.25) is 9.48 Å². The molecule has 146 valence electrons. The van der Waals surface area contributed by atoms with Crippen molar-refractivity contribution in [2.75, 3.05) is 25.0 Å². The van der Waals surface area contributed by atoms with Gasteiger partial charge in [-0.05, 0) is 62.2 Å². The minimum absolute atomic E-state index is 0.0229. The first-order valence-corrected chi connectivity index (χ1v) is 10.5. The first-order chi connectivity index (χ1) is 12.8. The number of primary sulfonamides is 1. The van der Waals surface area contributed by atoms with Gasteiger partial charge in [-0.15, -0.1) is 0 Å². The summed E-state index contributed by atoms with van der Waals surface area (Å²) < 4.78 is 24.3. The standard InChI is InChI=1S/C18H25N5O3S/c1-22-13-14(12-20-22)6-9-23-10-7-15(8-11-23)18(24)21-16-2-4-17(5-3-16)27(19,25)26/h2-5,12-13,15H,6-11H2,1H3,(H,21,24)(H2,19,25,26). The number of nitrogens with zero attached hydrogens (tertiary/aromatic N) is 3. The van der Waals surface area contributed by atoms with Gasteiger partial charge in [0.05, 0.1) is 11.1 Å². The number of piperidine rings is 1. The summed E-state index contributed by atoms with van der Waals surface area (Å²) in [4.78, 5) is 14.9. The number of amides is 1. The molecule has 0 saturated carbocycles. The van der Waals surface area contributed by atoms with E-state index in [2.05, 4.69) is 15.3 Å². The first-order valence-electron chi connectivity index (χ1n) is 8.95. The highest BCUT2D eigenvalue weighted by atomic mass is 32.2. The summed E-state index contributed by atoms with van der Waals surface area (Å²) in [5, 5.41) is 12.1. The number of anilines is 1. The van der Waals surface area contributed by atoms with Crippen molar-refractivity contribution in [1.29, 1.82) is 0 Å². The van der Waals surface area contributed by atoms with Crippen LogP contribution in [0.3, 0.4) is 0 Å². The average molecular weight is 391 g/mol. The van der Waals surface area contributed by atoms with E-state index >= 15 is 0 Å². The molecule has 0 aliphatic carbocycles. The van der Waals surface area contributed by atoms with Crippen LogP contribution in [0.25, 0.3) is 0 Å². The minimum atomic E-state index is -3.72. The van der Waals surface area contributed by atoms with Gasteiger partial charge >= 0.3 is 0 Å². The summed E-state index contributed by atoms with van der Waals surface area (Å²) in [6, 6.07) is 5.90. The normalized spacial score (nSPS) is 16.4. The van der Waals surface area contributed by atoms with Gasteiger partial charge in [0.15, 0.2) is 0 Å². The molecule has 3 N–H and O–H groups in total. The number of likely N-dealkylation sites (tertiary alicyclic amines) is 1. The van der Waals surface area contributed by atoms with Gasteiger partial charge in [0.2, 0.25) is 15.9 Å². The summed E-state index contributed by atoms with van der Waals surface area (Å²) in [7, 11) is -1.81. The van der Waals surface area contributed by atoms with Crippen molar-refractivity contribution in [3.8, 4) is 0 Å². The fraction of sp³-hybridized carbons (Fsp3) is 0.444. The molecule has 0 spiro atoms. The molecule has 1 fully saturated rings. The molecule has 1 aliphatic rings. The van der Waals surface area contributed by atoms with Crippen LogP contribution in [-0.2, 0) is 28.3 Å². The van der Waals surface area contributed by atoms with Gasteiger partial charge in [0.1, 0.15) is 0 Å². The molecule has 0 atom stereocenters. The SMILES string of the molecule is Cn1cc(CCN2CCC(C(=O)Nc3ccc(S(N)(=O)=O)cc3)CC2)cn1. The highest BCUT2D eigenvalue weighted by Crippen LogP contribution is 2.20. The Morgan fingerprint density at radius 2 is 1.93 bits per heavy atom. The third-order valence-corrected chi connectivity index (χ3v) is 5.81. The van der Waals surface area contributed by atoms with E-state index in [1.165, 1.54) is 17.7 Å². The average Bonchev–Trinajstić information content (AvgIpc) is 3.05. The van der Waals surface area contributed by atoms with Crippen molar-refractivity contribution in [3.05, 3.63) is 42.2 Å². The van der Waals surface area contributed by atoms with Crippen molar-refractivity contribution in [3.63, 3.8) is 0 Å². The summed E-state index contributed by atoms with van der Waals surface area (Å²) in [6.07, 6.45) is 6.51. The fourth-order valence-electron chi connectivity index (χ4n) is 3.28. The van der Waals surface area contributed by atoms with Gasteiger partial charge < -0.3 is 10.2 Å². The lowest BCUT2D eigenvalue weighted by Crippen LogP contribution is -2.39. The quantitative estimate of drug-likeness (QED) is 0.762. The maximum Gasteiger partial charge on any atom is 0.238 e. The zero-order chi connectivity index (χ0) is 19.4. The zero-order valence-electron chi connectivity index (χ0n) is 15.3. The lowest BCUT2D eigenvalue weighted by atomic mass is 9.95. The number of hydrogen-bond donors (Lipinski definition) is 2. The molecular formula is C18H25N5O3S. The number of benzene rings is 1. The van der Waals surface area contributed by atoms with Gasteiger partial charge in [0, 0.05) is 31.4 Å². The number of carbonyl (C=O) groups excluding carboxylic acids is 1. The summed E-state index contributed by atoms with van der Waals surface area (Å²) in [6.45, 7) is 2.75. The second-order valence-electron chi connectivity index (χ2n) is 6.95. The van der Waals surface area contributed by atoms with E-state index in [1.807, 2.05) is 19.4 Å². The summed E-state index contributed by atoms with van der Waals surface area (Å²) in [5.74, 6) is -0.0529. The Kier molecular flexibility index (Phi) is 5.93. The molecule has 1 aromatic heterocycles. The summed E-state index contributed by atoms with van der Waals surface area (Å²) >= 11 is 0. The minimum Gasteiger partial charge on any atom is -0.326 e. The van der Waals surface area contributed by atoms with Crippen LogP contribution >= 0.6 is 0 Å². The molecule has 0 unspecified atom stereocenters. The second kappa shape index (κ2) is 8.20. The Balaban J connectivity index is 1.45. The number of aryl methyl sites for hydroxylation is 1. The Morgan fingerprint density at radius 1 is 1.26 bits per heavy atom. The van der Waals surface area contributed by atoms with Gasteiger partial charge in [0.25, 0.3) is 0 Å². The highest BCUT2D eigenvalue weighted by molar-refractivity contribution is 7.89. The van der Waals surface area contributed by atoms with E-state index < -0.39 is 10.0 Å². The molecular weight excluding hydrogens is 366 g/mol. The van der Waals surface area contributed by atoms with Crippen LogP contribution in [0.4, 0.5) is 5.69 Å². The molecule has 2 aromatic rings. The molecule has 8 nitrogen and oxygen atoms in total. The van der Waals surface area contributed by atoms with Gasteiger partial charge in [-0.25, -0.2) is 13.6 Å². The molecule has 9 heteroatoms. The number of rotatable bonds is 6. The summed E-state index contributed by atoms with van der Waals surface area (Å²) in [5.41, 5.74) is 1.80. The van der Waals surface area contributed by atoms with E-state index in [1.54, 1.807) is 16.8 Å². The molecule has 0 radical (unpaired) electrons. The van der Waals surface area contributed by atoms with Crippen molar-refractivity contribution >= 4 is 21.6 Å². The predicted molar refractivity (Wildman–Crippen MR) is 103 cm³/mol. The molecule has 1 aromatic carbocycles. The zero-order valence-corrected chi connectivity index (χ0v) is 16.2. The third-order valence-electron chi connectivity index (χ3n) is 4.88. The number of aromatic nitrogens is 2. The van der Waals surface area contributed by atoms with Crippen molar-refractivity contribution in [2.24, 2.45) is 18.1 Å². The fourth-order valence-corrected chi connectivity index (χ4v) is 3.79. The van der Waals surface area contributed by atoms with Crippen molar-refractivity contribution in [2.45, 2.75) is 24.2 Å². The molecule has 2 heterocycles. The number of sulfonamides is 1. The number of nitrogens with one attached hydrogen (secondary N) is 1. The van der Waals surface area contributed by atoms with Crippen LogP contribution in [0.15, 0.2) is 41.6 Å². The molecule has 27 heavy (non-hydrogen) atoms. The number of nitrogens with two attached hydrogens (primary N) is 1. The molecule has 1 aliphatic heterocycles. The Morgan fingerprint density at radius 3 is 2.48 bits per heavy atom. The largest absolute Gasteiger partial charge is 0.326 e. The molecule has 3 rings (SSSR count). The van der Waals surface area contributed by atoms with E-state index in [-0.39, 0.29) is 16.7 Å². The maximum atomic E-state index is 12.5. The predicted octanol–water partition coefficient (Wildman–Crippen LogP) is 0.961. The van der Waals surface area contributed by atoms with Gasteiger partial charge in [-0.2, -0.15) is 5.10 Å². The van der Waals surface area contributed by atoms with Crippen LogP contribution in [-0.4, -0.2) is 48.6 Å². The number of carbonyl (C=O) groups is 1. The third kappa shape index (κ3) is 5.38. The maximum absolute atomic E-state index is 12.5. The van der Waals surface area contributed by atoms with Crippen LogP contribution in [0.2, 0.25) is 0 Å². The van der Waals surface area contributed by atoms with E-state index in [0.29, 0.717) is 5.69 Å². The van der Waals surface area contributed by atoms with Crippen LogP contribution in [0.5, 0.6) is 0 Å². The highest BCUT2D eigenvalue weighted by Gasteiger charge is 2.25. The van der Waals surface area contributed by atoms with Crippen LogP contribution in [0.1, 0.15) is 18.4 Å². The topological polar surface area (TPSA) is 110 Å². The number of hydrogen-bond acceptors (Lipinski definition) is 5. The van der Waals surface area contributed by atoms with Crippen LogP contribution in [0, 0.1) is 5.92 Å². The smallest absolute Gasteiger partial charge is 0.238 e. The van der Waals surface area contributed by atoms with Gasteiger partial charge in [-0.1, -0.05) is 0 Å². The molecule has 1 amide bonds. The van der Waals surface area contributed by atoms with Crippen molar-refractivity contribution in [1.82, 2.24) is 14.7 Å². The Hall–Kier alpha value is -2.23. The van der Waals surface area contributed by atoms with Crippen LogP contribution < -0.4 is 10.5 Å². The second-order valence-corrected chi connectivity index (χ2v) is 8.51. The Labute approximate surface area is 159 Å². The monoisotopic (exact) mass is 391 g/mol. The van der Waals surface area contributed by atoms with E-state index in [9.17, 15) is 13.2 Å². The van der Waals surface area contributed by atoms with E-state index in [4.69, 9.17) is 5.14 Å². The Bertz CT molecular complexity index is 884. The molecule has 1 saturated heterocycles. The first kappa shape index (κ1) is 19.5. The van der Waals surface area contributed by atoms with Crippen molar-refractivity contribution < 1.29 is 13.2 Å². The van der Waals surface area contributed by atoms with E-state index in [0.717, 1.165) is 38.9 Å².